The molecule has 0 radical (unpaired) electrons. The maximum Gasteiger partial charge on any atom is 0.256 e. The van der Waals surface area contributed by atoms with Gasteiger partial charge in [-0.1, -0.05) is 49.4 Å². The fourth-order valence-corrected chi connectivity index (χ4v) is 4.77. The standard InChI is InChI=1S/C24H26N2O3S/c1-3-17-30(28,29)23-12-8-7-11-22(23)24(27)26-21-15-13-20(14-16-21)25-18(2)19-9-5-4-6-10-19/h4-16,18,25H,3,17H2,1-2H3,(H,26,27). The lowest BCUT2D eigenvalue weighted by Gasteiger charge is -2.16. The van der Waals surface area contributed by atoms with Crippen molar-refractivity contribution >= 4 is 27.1 Å². The molecule has 2 N–H and O–H groups in total. The number of carbonyl (C=O) groups excluding carboxylic acids is 1. The molecule has 0 aliphatic rings. The van der Waals surface area contributed by atoms with E-state index in [1.807, 2.05) is 30.3 Å². The van der Waals surface area contributed by atoms with Crippen LogP contribution in [0.4, 0.5) is 11.4 Å². The molecule has 0 saturated carbocycles. The second-order valence-electron chi connectivity index (χ2n) is 7.12. The molecule has 6 heteroatoms. The predicted molar refractivity (Wildman–Crippen MR) is 122 cm³/mol. The first kappa shape index (κ1) is 21.6. The van der Waals surface area contributed by atoms with Gasteiger partial charge in [0, 0.05) is 17.4 Å². The quantitative estimate of drug-likeness (QED) is 0.517. The van der Waals surface area contributed by atoms with E-state index in [2.05, 4.69) is 29.7 Å². The van der Waals surface area contributed by atoms with E-state index in [9.17, 15) is 13.2 Å². The Labute approximate surface area is 178 Å². The molecule has 156 valence electrons. The molecule has 1 amide bonds. The van der Waals surface area contributed by atoms with Gasteiger partial charge in [-0.15, -0.1) is 0 Å². The molecule has 0 spiro atoms. The number of anilines is 2. The number of nitrogens with one attached hydrogen (secondary N) is 2. The largest absolute Gasteiger partial charge is 0.379 e. The van der Waals surface area contributed by atoms with Gasteiger partial charge in [0.15, 0.2) is 9.84 Å². The molecule has 3 aromatic rings. The lowest BCUT2D eigenvalue weighted by Crippen LogP contribution is -2.17. The van der Waals surface area contributed by atoms with Crippen LogP contribution in [0, 0.1) is 0 Å². The van der Waals surface area contributed by atoms with Gasteiger partial charge in [0.05, 0.1) is 16.2 Å². The average Bonchev–Trinajstić information content (AvgIpc) is 2.75. The van der Waals surface area contributed by atoms with Crippen molar-refractivity contribution < 1.29 is 13.2 Å². The summed E-state index contributed by atoms with van der Waals surface area (Å²) in [4.78, 5) is 12.8. The van der Waals surface area contributed by atoms with E-state index in [0.29, 0.717) is 12.1 Å². The zero-order chi connectivity index (χ0) is 21.6. The summed E-state index contributed by atoms with van der Waals surface area (Å²) >= 11 is 0. The molecule has 30 heavy (non-hydrogen) atoms. The predicted octanol–water partition coefficient (Wildman–Crippen LogP) is 5.30. The van der Waals surface area contributed by atoms with Crippen LogP contribution in [-0.4, -0.2) is 20.1 Å². The molecule has 1 unspecified atom stereocenters. The van der Waals surface area contributed by atoms with Crippen molar-refractivity contribution in [2.45, 2.75) is 31.2 Å². The topological polar surface area (TPSA) is 75.3 Å². The summed E-state index contributed by atoms with van der Waals surface area (Å²) in [6.45, 7) is 3.88. The van der Waals surface area contributed by atoms with Gasteiger partial charge < -0.3 is 10.6 Å². The molecule has 0 heterocycles. The van der Waals surface area contributed by atoms with Crippen LogP contribution in [-0.2, 0) is 9.84 Å². The Morgan fingerprint density at radius 3 is 2.13 bits per heavy atom. The highest BCUT2D eigenvalue weighted by Gasteiger charge is 2.21. The smallest absolute Gasteiger partial charge is 0.256 e. The average molecular weight is 423 g/mol. The van der Waals surface area contributed by atoms with E-state index in [-0.39, 0.29) is 22.3 Å². The number of hydrogen-bond acceptors (Lipinski definition) is 4. The maximum absolute atomic E-state index is 12.7. The first-order chi connectivity index (χ1) is 14.4. The zero-order valence-corrected chi connectivity index (χ0v) is 17.9. The second-order valence-corrected chi connectivity index (χ2v) is 9.20. The molecule has 3 aromatic carbocycles. The zero-order valence-electron chi connectivity index (χ0n) is 17.1. The van der Waals surface area contributed by atoms with Crippen LogP contribution in [0.25, 0.3) is 0 Å². The molecular formula is C24H26N2O3S. The van der Waals surface area contributed by atoms with Gasteiger partial charge in [0.2, 0.25) is 0 Å². The van der Waals surface area contributed by atoms with Crippen molar-refractivity contribution in [3.05, 3.63) is 90.0 Å². The Kier molecular flexibility index (Phi) is 6.90. The Balaban J connectivity index is 1.71. The normalized spacial score (nSPS) is 12.2. The van der Waals surface area contributed by atoms with Gasteiger partial charge in [-0.25, -0.2) is 8.42 Å². The van der Waals surface area contributed by atoms with Gasteiger partial charge in [-0.3, -0.25) is 4.79 Å². The Morgan fingerprint density at radius 2 is 1.47 bits per heavy atom. The van der Waals surface area contributed by atoms with Crippen LogP contribution in [0.15, 0.2) is 83.8 Å². The molecule has 0 aliphatic heterocycles. The van der Waals surface area contributed by atoms with Gasteiger partial charge in [-0.2, -0.15) is 0 Å². The third-order valence-electron chi connectivity index (χ3n) is 4.77. The minimum absolute atomic E-state index is 0.0112. The summed E-state index contributed by atoms with van der Waals surface area (Å²) in [6.07, 6.45) is 0.494. The first-order valence-electron chi connectivity index (χ1n) is 9.95. The molecule has 5 nitrogen and oxygen atoms in total. The minimum Gasteiger partial charge on any atom is -0.379 e. The molecule has 1 atom stereocenters. The SMILES string of the molecule is CCCS(=O)(=O)c1ccccc1C(=O)Nc1ccc(NC(C)c2ccccc2)cc1. The number of sulfone groups is 1. The van der Waals surface area contributed by atoms with E-state index in [4.69, 9.17) is 0 Å². The Morgan fingerprint density at radius 1 is 0.867 bits per heavy atom. The van der Waals surface area contributed by atoms with Crippen LogP contribution in [0.2, 0.25) is 0 Å². The summed E-state index contributed by atoms with van der Waals surface area (Å²) in [7, 11) is -3.50. The van der Waals surface area contributed by atoms with Gasteiger partial charge in [0.1, 0.15) is 0 Å². The number of amides is 1. The van der Waals surface area contributed by atoms with Gasteiger partial charge >= 0.3 is 0 Å². The number of carbonyl (C=O) groups is 1. The van der Waals surface area contributed by atoms with Crippen molar-refractivity contribution in [3.63, 3.8) is 0 Å². The summed E-state index contributed by atoms with van der Waals surface area (Å²) in [5.74, 6) is -0.430. The first-order valence-corrected chi connectivity index (χ1v) is 11.6. The van der Waals surface area contributed by atoms with Crippen LogP contribution < -0.4 is 10.6 Å². The Bertz CT molecular complexity index is 1090. The van der Waals surface area contributed by atoms with E-state index in [1.54, 1.807) is 31.2 Å². The third kappa shape index (κ3) is 5.27. The number of rotatable bonds is 8. The van der Waals surface area contributed by atoms with Crippen LogP contribution in [0.1, 0.15) is 42.2 Å². The van der Waals surface area contributed by atoms with Crippen LogP contribution in [0.5, 0.6) is 0 Å². The molecule has 0 fully saturated rings. The fraction of sp³-hybridized carbons (Fsp3) is 0.208. The van der Waals surface area contributed by atoms with Crippen LogP contribution >= 0.6 is 0 Å². The van der Waals surface area contributed by atoms with E-state index in [0.717, 1.165) is 5.69 Å². The molecule has 0 bridgehead atoms. The molecule has 0 saturated heterocycles. The molecular weight excluding hydrogens is 396 g/mol. The van der Waals surface area contributed by atoms with E-state index in [1.165, 1.54) is 17.7 Å². The van der Waals surface area contributed by atoms with Crippen molar-refractivity contribution in [2.24, 2.45) is 0 Å². The van der Waals surface area contributed by atoms with Crippen LogP contribution in [0.3, 0.4) is 0 Å². The second kappa shape index (κ2) is 9.59. The van der Waals surface area contributed by atoms with Crippen molar-refractivity contribution in [3.8, 4) is 0 Å². The maximum atomic E-state index is 12.7. The molecule has 3 rings (SSSR count). The summed E-state index contributed by atoms with van der Waals surface area (Å²) in [5.41, 5.74) is 2.86. The molecule has 0 aliphatic carbocycles. The van der Waals surface area contributed by atoms with E-state index >= 15 is 0 Å². The highest BCUT2D eigenvalue weighted by atomic mass is 32.2. The van der Waals surface area contributed by atoms with E-state index < -0.39 is 15.7 Å². The van der Waals surface area contributed by atoms with Gasteiger partial charge in [-0.05, 0) is 55.3 Å². The number of hydrogen-bond donors (Lipinski definition) is 2. The lowest BCUT2D eigenvalue weighted by molar-refractivity contribution is 0.102. The highest BCUT2D eigenvalue weighted by molar-refractivity contribution is 7.91. The monoisotopic (exact) mass is 422 g/mol. The minimum atomic E-state index is -3.50. The van der Waals surface area contributed by atoms with Crippen molar-refractivity contribution in [2.75, 3.05) is 16.4 Å². The van der Waals surface area contributed by atoms with Crippen molar-refractivity contribution in [1.29, 1.82) is 0 Å². The summed E-state index contributed by atoms with van der Waals surface area (Å²) in [6, 6.07) is 23.9. The number of benzene rings is 3. The molecule has 0 aromatic heterocycles. The van der Waals surface area contributed by atoms with Gasteiger partial charge in [0.25, 0.3) is 5.91 Å². The Hall–Kier alpha value is -3.12. The lowest BCUT2D eigenvalue weighted by atomic mass is 10.1. The third-order valence-corrected chi connectivity index (χ3v) is 6.74. The summed E-state index contributed by atoms with van der Waals surface area (Å²) < 4.78 is 25.0. The fourth-order valence-electron chi connectivity index (χ4n) is 3.23. The van der Waals surface area contributed by atoms with Crippen molar-refractivity contribution in [1.82, 2.24) is 0 Å². The highest BCUT2D eigenvalue weighted by Crippen LogP contribution is 2.22. The summed E-state index contributed by atoms with van der Waals surface area (Å²) in [5, 5.41) is 6.22.